The van der Waals surface area contributed by atoms with Crippen molar-refractivity contribution in [1.29, 1.82) is 0 Å². The van der Waals surface area contributed by atoms with E-state index >= 15 is 0 Å². The highest BCUT2D eigenvalue weighted by atomic mass is 16.5. The average Bonchev–Trinajstić information content (AvgIpc) is 3.48. The van der Waals surface area contributed by atoms with Crippen LogP contribution < -0.4 is 20.9 Å². The third-order valence-electron chi connectivity index (χ3n) is 8.14. The molecule has 2 amide bonds. The number of ether oxygens (including phenoxy) is 1. The van der Waals surface area contributed by atoms with Crippen LogP contribution in [-0.4, -0.2) is 22.7 Å². The number of nitrogens with zero attached hydrogens (tertiary/aromatic N) is 2. The van der Waals surface area contributed by atoms with Crippen molar-refractivity contribution < 1.29 is 9.53 Å². The van der Waals surface area contributed by atoms with Crippen molar-refractivity contribution in [2.75, 3.05) is 17.7 Å². The first-order chi connectivity index (χ1) is 19.8. The molecule has 1 fully saturated rings. The summed E-state index contributed by atoms with van der Waals surface area (Å²) in [6.45, 7) is 9.03. The highest BCUT2D eigenvalue weighted by molar-refractivity contribution is 6.07. The third kappa shape index (κ3) is 5.85. The number of amides is 2. The predicted molar refractivity (Wildman–Crippen MR) is 167 cm³/mol. The first-order valence-electron chi connectivity index (χ1n) is 14.6. The fraction of sp³-hybridized carbons (Fsp3) is 0.382. The van der Waals surface area contributed by atoms with Gasteiger partial charge in [0.25, 0.3) is 5.56 Å². The maximum Gasteiger partial charge on any atom is 0.323 e. The summed E-state index contributed by atoms with van der Waals surface area (Å²) < 4.78 is 7.26. The number of benzene rings is 2. The van der Waals surface area contributed by atoms with Crippen molar-refractivity contribution >= 4 is 28.4 Å². The minimum absolute atomic E-state index is 0.215. The highest BCUT2D eigenvalue weighted by Crippen LogP contribution is 2.37. The number of hydrogen-bond donors (Lipinski definition) is 2. The van der Waals surface area contributed by atoms with Gasteiger partial charge in [0, 0.05) is 29.4 Å². The van der Waals surface area contributed by atoms with E-state index in [0.717, 1.165) is 40.6 Å². The Balaban J connectivity index is 1.66. The number of pyridine rings is 2. The van der Waals surface area contributed by atoms with Crippen molar-refractivity contribution in [2.45, 2.75) is 71.8 Å². The van der Waals surface area contributed by atoms with E-state index in [9.17, 15) is 9.59 Å². The molecular formula is C34H40N4O3. The number of fused-ring (bicyclic) bond motifs is 1. The number of anilines is 2. The second-order valence-corrected chi connectivity index (χ2v) is 11.6. The molecular weight excluding hydrogens is 512 g/mol. The minimum atomic E-state index is -0.447. The SMILES string of the molecule is COc1cccc(-c2c(NC(=O)Nc3c(C(C)C)cccc3C(C)C)c(=O)n(CC3CCCC3)c3ncccc23)c1. The van der Waals surface area contributed by atoms with E-state index in [1.54, 1.807) is 17.9 Å². The fourth-order valence-corrected chi connectivity index (χ4v) is 6.05. The molecule has 1 aliphatic rings. The Morgan fingerprint density at radius 2 is 1.61 bits per heavy atom. The summed E-state index contributed by atoms with van der Waals surface area (Å²) in [6.07, 6.45) is 6.25. The lowest BCUT2D eigenvalue weighted by molar-refractivity contribution is 0.262. The van der Waals surface area contributed by atoms with Crippen LogP contribution >= 0.6 is 0 Å². The van der Waals surface area contributed by atoms with Gasteiger partial charge in [0.15, 0.2) is 0 Å². The molecule has 0 bridgehead atoms. The number of nitrogens with one attached hydrogen (secondary N) is 2. The smallest absolute Gasteiger partial charge is 0.323 e. The summed E-state index contributed by atoms with van der Waals surface area (Å²) in [5.74, 6) is 1.50. The monoisotopic (exact) mass is 552 g/mol. The van der Waals surface area contributed by atoms with Crippen molar-refractivity contribution in [2.24, 2.45) is 5.92 Å². The van der Waals surface area contributed by atoms with Crippen LogP contribution in [-0.2, 0) is 6.54 Å². The van der Waals surface area contributed by atoms with Crippen LogP contribution in [0.15, 0.2) is 65.6 Å². The van der Waals surface area contributed by atoms with Gasteiger partial charge in [-0.15, -0.1) is 0 Å². The van der Waals surface area contributed by atoms with Gasteiger partial charge in [-0.25, -0.2) is 9.78 Å². The summed E-state index contributed by atoms with van der Waals surface area (Å²) >= 11 is 0. The number of methoxy groups -OCH3 is 1. The Morgan fingerprint density at radius 3 is 2.27 bits per heavy atom. The second-order valence-electron chi connectivity index (χ2n) is 11.6. The van der Waals surface area contributed by atoms with E-state index in [1.807, 2.05) is 54.6 Å². The topological polar surface area (TPSA) is 85.3 Å². The minimum Gasteiger partial charge on any atom is -0.497 e. The molecule has 0 radical (unpaired) electrons. The molecule has 2 heterocycles. The van der Waals surface area contributed by atoms with Gasteiger partial charge >= 0.3 is 6.03 Å². The highest BCUT2D eigenvalue weighted by Gasteiger charge is 2.25. The molecule has 2 N–H and O–H groups in total. The summed E-state index contributed by atoms with van der Waals surface area (Å²) in [5.41, 5.74) is 4.93. The van der Waals surface area contributed by atoms with Gasteiger partial charge in [0.2, 0.25) is 0 Å². The molecule has 7 nitrogen and oxygen atoms in total. The van der Waals surface area contributed by atoms with Crippen LogP contribution in [0.3, 0.4) is 0 Å². The normalized spacial score (nSPS) is 13.7. The van der Waals surface area contributed by atoms with E-state index in [4.69, 9.17) is 4.74 Å². The average molecular weight is 553 g/mol. The zero-order valence-corrected chi connectivity index (χ0v) is 24.7. The van der Waals surface area contributed by atoms with Crippen molar-refractivity contribution in [3.8, 4) is 16.9 Å². The number of rotatable bonds is 8. The number of para-hydroxylation sites is 1. The van der Waals surface area contributed by atoms with Gasteiger partial charge in [-0.3, -0.25) is 9.36 Å². The summed E-state index contributed by atoms with van der Waals surface area (Å²) in [6, 6.07) is 17.1. The number of carbonyl (C=O) groups is 1. The van der Waals surface area contributed by atoms with E-state index in [1.165, 1.54) is 12.8 Å². The maximum atomic E-state index is 14.3. The number of aromatic nitrogens is 2. The van der Waals surface area contributed by atoms with Crippen molar-refractivity contribution in [3.63, 3.8) is 0 Å². The van der Waals surface area contributed by atoms with Crippen LogP contribution in [0.2, 0.25) is 0 Å². The number of carbonyl (C=O) groups excluding carboxylic acids is 1. The van der Waals surface area contributed by atoms with Crippen LogP contribution in [0.4, 0.5) is 16.2 Å². The van der Waals surface area contributed by atoms with Crippen molar-refractivity contribution in [1.82, 2.24) is 9.55 Å². The van der Waals surface area contributed by atoms with Crippen molar-refractivity contribution in [3.05, 3.63) is 82.3 Å². The first kappa shape index (κ1) is 28.4. The molecule has 41 heavy (non-hydrogen) atoms. The van der Waals surface area contributed by atoms with E-state index in [-0.39, 0.29) is 23.1 Å². The van der Waals surface area contributed by atoms with E-state index < -0.39 is 6.03 Å². The lowest BCUT2D eigenvalue weighted by Gasteiger charge is -2.22. The quantitative estimate of drug-likeness (QED) is 0.231. The molecule has 0 saturated heterocycles. The van der Waals surface area contributed by atoms with E-state index in [2.05, 4.69) is 43.3 Å². The molecule has 0 atom stereocenters. The van der Waals surface area contributed by atoms with Gasteiger partial charge in [0.1, 0.15) is 17.1 Å². The van der Waals surface area contributed by atoms with Crippen LogP contribution in [0.1, 0.15) is 76.3 Å². The molecule has 214 valence electrons. The Kier molecular flexibility index (Phi) is 8.43. The van der Waals surface area contributed by atoms with Gasteiger partial charge in [-0.1, -0.05) is 70.9 Å². The van der Waals surface area contributed by atoms with Crippen LogP contribution in [0.5, 0.6) is 5.75 Å². The zero-order valence-electron chi connectivity index (χ0n) is 24.7. The lowest BCUT2D eigenvalue weighted by Crippen LogP contribution is -2.31. The molecule has 2 aromatic heterocycles. The molecule has 0 unspecified atom stereocenters. The Labute approximate surface area is 242 Å². The molecule has 7 heteroatoms. The van der Waals surface area contributed by atoms with Gasteiger partial charge < -0.3 is 15.4 Å². The fourth-order valence-electron chi connectivity index (χ4n) is 6.05. The molecule has 1 saturated carbocycles. The Bertz CT molecular complexity index is 1590. The molecule has 1 aliphatic carbocycles. The summed E-state index contributed by atoms with van der Waals surface area (Å²) in [7, 11) is 1.61. The standard InChI is InChI=1S/C34H40N4O3/c1-21(2)26-15-9-16-27(22(3)4)30(26)36-34(40)37-31-29(24-13-8-14-25(19-24)41-5)28-17-10-18-35-32(28)38(33(31)39)20-23-11-6-7-12-23/h8-10,13-19,21-23H,6-7,11-12,20H2,1-5H3,(H2,36,37,40). The Hall–Kier alpha value is -4.13. The zero-order chi connectivity index (χ0) is 29.1. The summed E-state index contributed by atoms with van der Waals surface area (Å²) in [4.78, 5) is 32.7. The van der Waals surface area contributed by atoms with Gasteiger partial charge in [-0.2, -0.15) is 0 Å². The number of hydrogen-bond acceptors (Lipinski definition) is 4. The second kappa shape index (κ2) is 12.2. The van der Waals surface area contributed by atoms with Gasteiger partial charge in [-0.05, 0) is 71.6 Å². The number of urea groups is 1. The predicted octanol–water partition coefficient (Wildman–Crippen LogP) is 8.15. The molecule has 5 rings (SSSR count). The molecule has 0 aliphatic heterocycles. The third-order valence-corrected chi connectivity index (χ3v) is 8.14. The first-order valence-corrected chi connectivity index (χ1v) is 14.6. The molecule has 4 aromatic rings. The lowest BCUT2D eigenvalue weighted by atomic mass is 9.93. The van der Waals surface area contributed by atoms with Crippen LogP contribution in [0.25, 0.3) is 22.2 Å². The molecule has 0 spiro atoms. The van der Waals surface area contributed by atoms with E-state index in [0.29, 0.717) is 29.4 Å². The summed E-state index contributed by atoms with van der Waals surface area (Å²) in [5, 5.41) is 6.93. The van der Waals surface area contributed by atoms with Gasteiger partial charge in [0.05, 0.1) is 7.11 Å². The van der Waals surface area contributed by atoms with Crippen LogP contribution in [0, 0.1) is 5.92 Å². The maximum absolute atomic E-state index is 14.3. The Morgan fingerprint density at radius 1 is 0.951 bits per heavy atom. The molecule has 2 aromatic carbocycles. The largest absolute Gasteiger partial charge is 0.497 e.